The number of aliphatic imine (C=N–C) groups is 2. The molecule has 7 heteroatoms. The fraction of sp³-hybridized carbons (Fsp3) is 0.565. The van der Waals surface area contributed by atoms with Crippen molar-refractivity contribution < 1.29 is 5.11 Å². The molecule has 0 aliphatic rings. The fourth-order valence-electron chi connectivity index (χ4n) is 2.74. The smallest absolute Gasteiger partial charge is 0.0926 e. The van der Waals surface area contributed by atoms with Crippen LogP contribution < -0.4 is 5.32 Å². The van der Waals surface area contributed by atoms with Gasteiger partial charge in [0.2, 0.25) is 0 Å². The molecule has 1 rings (SSSR count). The lowest BCUT2D eigenvalue weighted by molar-refractivity contribution is 0.137. The van der Waals surface area contributed by atoms with Gasteiger partial charge < -0.3 is 15.3 Å². The number of rotatable bonds is 13. The number of nitrogens with zero attached hydrogens (tertiary/aromatic N) is 3. The van der Waals surface area contributed by atoms with Crippen LogP contribution in [-0.4, -0.2) is 61.1 Å². The van der Waals surface area contributed by atoms with Gasteiger partial charge in [-0.3, -0.25) is 4.99 Å². The van der Waals surface area contributed by atoms with Crippen molar-refractivity contribution in [3.8, 4) is 0 Å². The molecule has 2 N–H and O–H groups in total. The van der Waals surface area contributed by atoms with Gasteiger partial charge in [0.05, 0.1) is 22.6 Å². The Balaban J connectivity index is 2.66. The molecule has 0 saturated heterocycles. The monoisotopic (exact) mass is 496 g/mol. The van der Waals surface area contributed by atoms with Gasteiger partial charge in [0, 0.05) is 42.1 Å². The maximum atomic E-state index is 10.2. The molecule has 5 nitrogen and oxygen atoms in total. The first kappa shape index (κ1) is 26.9. The summed E-state index contributed by atoms with van der Waals surface area (Å²) in [4.78, 5) is 12.1. The highest BCUT2D eigenvalue weighted by Crippen LogP contribution is 2.26. The van der Waals surface area contributed by atoms with Crippen molar-refractivity contribution in [2.24, 2.45) is 21.8 Å². The summed E-state index contributed by atoms with van der Waals surface area (Å²) in [7, 11) is 1.75. The van der Waals surface area contributed by atoms with Crippen LogP contribution in [0.1, 0.15) is 34.6 Å². The molecule has 0 aliphatic heterocycles. The Hall–Kier alpha value is -1.15. The molecule has 0 aliphatic carbocycles. The molecule has 1 aromatic rings. The Morgan fingerprint density at radius 3 is 2.37 bits per heavy atom. The molecule has 2 atom stereocenters. The number of halogens is 1. The highest BCUT2D eigenvalue weighted by Gasteiger charge is 2.15. The van der Waals surface area contributed by atoms with E-state index in [2.05, 4.69) is 82.9 Å². The van der Waals surface area contributed by atoms with Crippen LogP contribution >= 0.6 is 27.7 Å². The van der Waals surface area contributed by atoms with Crippen molar-refractivity contribution in [3.05, 3.63) is 34.4 Å². The number of hydrogen-bond donors (Lipinski definition) is 2. The van der Waals surface area contributed by atoms with E-state index >= 15 is 0 Å². The molecule has 30 heavy (non-hydrogen) atoms. The van der Waals surface area contributed by atoms with Crippen LogP contribution in [0.2, 0.25) is 0 Å². The van der Waals surface area contributed by atoms with Gasteiger partial charge in [-0.2, -0.15) is 0 Å². The first-order chi connectivity index (χ1) is 14.3. The van der Waals surface area contributed by atoms with E-state index in [9.17, 15) is 5.11 Å². The van der Waals surface area contributed by atoms with E-state index in [4.69, 9.17) is 0 Å². The van der Waals surface area contributed by atoms with Gasteiger partial charge >= 0.3 is 0 Å². The molecule has 0 spiro atoms. The van der Waals surface area contributed by atoms with E-state index < -0.39 is 0 Å². The largest absolute Gasteiger partial charge is 0.391 e. The van der Waals surface area contributed by atoms with E-state index in [0.29, 0.717) is 17.6 Å². The summed E-state index contributed by atoms with van der Waals surface area (Å²) >= 11 is 5.26. The number of thioether (sulfide) groups is 1. The Morgan fingerprint density at radius 2 is 1.83 bits per heavy atom. The number of benzene rings is 1. The molecule has 1 aromatic carbocycles. The van der Waals surface area contributed by atoms with E-state index in [1.807, 2.05) is 12.1 Å². The van der Waals surface area contributed by atoms with E-state index in [0.717, 1.165) is 40.4 Å². The molecular formula is C23H37BrN4OS. The maximum absolute atomic E-state index is 10.2. The number of aliphatic hydroxyl groups excluding tert-OH is 1. The quantitative estimate of drug-likeness (QED) is 0.214. The number of allylic oxidation sites excluding steroid dienone is 2. The van der Waals surface area contributed by atoms with Crippen LogP contribution in [0.25, 0.3) is 0 Å². The van der Waals surface area contributed by atoms with Gasteiger partial charge in [-0.05, 0) is 59.2 Å². The normalized spacial score (nSPS) is 15.3. The van der Waals surface area contributed by atoms with E-state index in [1.54, 1.807) is 31.4 Å². The zero-order valence-corrected chi connectivity index (χ0v) is 21.5. The van der Waals surface area contributed by atoms with Crippen molar-refractivity contribution >= 4 is 45.9 Å². The summed E-state index contributed by atoms with van der Waals surface area (Å²) < 4.78 is 0.902. The van der Waals surface area contributed by atoms with Crippen molar-refractivity contribution in [3.63, 3.8) is 0 Å². The number of hydrogen-bond acceptors (Lipinski definition) is 5. The van der Waals surface area contributed by atoms with Crippen LogP contribution in [0, 0.1) is 11.8 Å². The summed E-state index contributed by atoms with van der Waals surface area (Å²) in [6, 6.07) is 8.20. The molecule has 0 fully saturated rings. The topological polar surface area (TPSA) is 60.2 Å². The molecule has 168 valence electrons. The third-order valence-corrected chi connectivity index (χ3v) is 6.78. The maximum Gasteiger partial charge on any atom is 0.0926 e. The zero-order chi connectivity index (χ0) is 22.5. The predicted molar refractivity (Wildman–Crippen MR) is 137 cm³/mol. The minimum absolute atomic E-state index is 0.303. The fourth-order valence-corrected chi connectivity index (χ4v) is 4.23. The first-order valence-corrected chi connectivity index (χ1v) is 12.3. The van der Waals surface area contributed by atoms with Crippen molar-refractivity contribution in [1.82, 2.24) is 4.90 Å². The SMILES string of the molecule is CCN(CC)CC(O)CSc1ccc(NC=N/C(=C(/Br)C=NC)[C@@H](C)C(C)C)cc1. The Bertz CT molecular complexity index is 700. The summed E-state index contributed by atoms with van der Waals surface area (Å²) in [5, 5.41) is 13.5. The van der Waals surface area contributed by atoms with Crippen LogP contribution in [0.15, 0.2) is 49.3 Å². The van der Waals surface area contributed by atoms with Crippen LogP contribution in [0.5, 0.6) is 0 Å². The van der Waals surface area contributed by atoms with Crippen molar-refractivity contribution in [1.29, 1.82) is 0 Å². The Kier molecular flexibility index (Phi) is 13.3. The van der Waals surface area contributed by atoms with Crippen LogP contribution in [0.4, 0.5) is 5.69 Å². The minimum atomic E-state index is -0.321. The summed E-state index contributed by atoms with van der Waals surface area (Å²) in [6.45, 7) is 13.4. The molecule has 0 saturated carbocycles. The third-order valence-electron chi connectivity index (χ3n) is 5.01. The third kappa shape index (κ3) is 9.77. The van der Waals surface area contributed by atoms with Crippen LogP contribution in [-0.2, 0) is 0 Å². The van der Waals surface area contributed by atoms with Gasteiger partial charge in [0.1, 0.15) is 0 Å². The highest BCUT2D eigenvalue weighted by atomic mass is 79.9. The highest BCUT2D eigenvalue weighted by molar-refractivity contribution is 9.12. The number of nitrogens with one attached hydrogen (secondary N) is 1. The average molecular weight is 498 g/mol. The molecule has 0 heterocycles. The Morgan fingerprint density at radius 1 is 1.20 bits per heavy atom. The van der Waals surface area contributed by atoms with Crippen LogP contribution in [0.3, 0.4) is 0 Å². The lowest BCUT2D eigenvalue weighted by Crippen LogP contribution is -2.33. The second-order valence-corrected chi connectivity index (χ2v) is 9.48. The molecule has 0 aromatic heterocycles. The van der Waals surface area contributed by atoms with Gasteiger partial charge in [0.15, 0.2) is 0 Å². The van der Waals surface area contributed by atoms with E-state index in [1.165, 1.54) is 0 Å². The Labute approximate surface area is 195 Å². The summed E-state index contributed by atoms with van der Waals surface area (Å²) in [6.07, 6.45) is 3.19. The zero-order valence-electron chi connectivity index (χ0n) is 19.1. The molecule has 1 unspecified atom stereocenters. The number of aliphatic hydroxyl groups is 1. The van der Waals surface area contributed by atoms with Crippen molar-refractivity contribution in [2.75, 3.05) is 37.8 Å². The molecular weight excluding hydrogens is 460 g/mol. The van der Waals surface area contributed by atoms with Crippen molar-refractivity contribution in [2.45, 2.75) is 45.6 Å². The summed E-state index contributed by atoms with van der Waals surface area (Å²) in [5.74, 6) is 1.47. The molecule has 0 amide bonds. The first-order valence-electron chi connectivity index (χ1n) is 10.6. The second kappa shape index (κ2) is 14.8. The second-order valence-electron chi connectivity index (χ2n) is 7.53. The van der Waals surface area contributed by atoms with Gasteiger partial charge in [0.25, 0.3) is 0 Å². The standard InChI is InChI=1S/C23H37BrN4OS/c1-7-28(8-2)14-20(29)15-30-21-11-9-19(10-12-21)26-16-27-23(18(5)17(3)4)22(24)13-25-6/h9-13,16-18,20,29H,7-8,14-15H2,1-6H3,(H,26,27)/b23-22+,25-13?/t18-,20?/m0/s1. The van der Waals surface area contributed by atoms with E-state index in [-0.39, 0.29) is 6.10 Å². The predicted octanol–water partition coefficient (Wildman–Crippen LogP) is 5.52. The lowest BCUT2D eigenvalue weighted by atomic mass is 9.94. The number of likely N-dealkylation sites (N-methyl/N-ethyl adjacent to an activating group) is 1. The average Bonchev–Trinajstić information content (AvgIpc) is 2.74. The number of anilines is 1. The van der Waals surface area contributed by atoms with Gasteiger partial charge in [-0.1, -0.05) is 34.6 Å². The molecule has 0 radical (unpaired) electrons. The van der Waals surface area contributed by atoms with Gasteiger partial charge in [-0.25, -0.2) is 4.99 Å². The minimum Gasteiger partial charge on any atom is -0.391 e. The summed E-state index contributed by atoms with van der Waals surface area (Å²) in [5.41, 5.74) is 1.95. The lowest BCUT2D eigenvalue weighted by Gasteiger charge is -2.21. The molecule has 0 bridgehead atoms. The van der Waals surface area contributed by atoms with Gasteiger partial charge in [-0.15, -0.1) is 11.8 Å².